The minimum atomic E-state index is 0.491. The Labute approximate surface area is 109 Å². The molecule has 0 unspecified atom stereocenters. The third-order valence-electron chi connectivity index (χ3n) is 2.55. The summed E-state index contributed by atoms with van der Waals surface area (Å²) < 4.78 is 5.24. The van der Waals surface area contributed by atoms with Crippen LogP contribution in [0.4, 0.5) is 0 Å². The zero-order valence-electron chi connectivity index (χ0n) is 9.38. The number of halogens is 1. The smallest absolute Gasteiger partial charge is 0.258 e. The van der Waals surface area contributed by atoms with Crippen molar-refractivity contribution in [2.75, 3.05) is 0 Å². The van der Waals surface area contributed by atoms with Gasteiger partial charge in [0.15, 0.2) is 0 Å². The fourth-order valence-electron chi connectivity index (χ4n) is 1.64. The van der Waals surface area contributed by atoms with E-state index in [0.29, 0.717) is 16.7 Å². The van der Waals surface area contributed by atoms with Crippen LogP contribution in [-0.4, -0.2) is 10.1 Å². The van der Waals surface area contributed by atoms with Gasteiger partial charge in [0.25, 0.3) is 5.89 Å². The van der Waals surface area contributed by atoms with Gasteiger partial charge >= 0.3 is 0 Å². The highest BCUT2D eigenvalue weighted by Gasteiger charge is 2.09. The highest BCUT2D eigenvalue weighted by atomic mass is 35.5. The van der Waals surface area contributed by atoms with E-state index in [4.69, 9.17) is 16.1 Å². The zero-order valence-corrected chi connectivity index (χ0v) is 10.1. The van der Waals surface area contributed by atoms with Crippen LogP contribution in [0.1, 0.15) is 0 Å². The van der Waals surface area contributed by atoms with Crippen LogP contribution in [0.3, 0.4) is 0 Å². The molecular formula is C14H9ClN2O. The summed E-state index contributed by atoms with van der Waals surface area (Å²) >= 11 is 5.83. The van der Waals surface area contributed by atoms with Gasteiger partial charge in [0.05, 0.1) is 0 Å². The monoisotopic (exact) mass is 256 g/mol. The third kappa shape index (κ3) is 2.13. The number of rotatable bonds is 2. The van der Waals surface area contributed by atoms with E-state index in [-0.39, 0.29) is 0 Å². The molecule has 18 heavy (non-hydrogen) atoms. The molecule has 0 atom stereocenters. The first-order chi connectivity index (χ1) is 8.83. The van der Waals surface area contributed by atoms with Gasteiger partial charge in [-0.05, 0) is 24.3 Å². The van der Waals surface area contributed by atoms with Gasteiger partial charge < -0.3 is 4.52 Å². The van der Waals surface area contributed by atoms with Crippen molar-refractivity contribution in [3.8, 4) is 22.8 Å². The van der Waals surface area contributed by atoms with Crippen molar-refractivity contribution in [2.24, 2.45) is 0 Å². The van der Waals surface area contributed by atoms with Crippen LogP contribution in [0.2, 0.25) is 5.02 Å². The summed E-state index contributed by atoms with van der Waals surface area (Å²) in [6.45, 7) is 0. The third-order valence-corrected chi connectivity index (χ3v) is 2.80. The molecule has 0 radical (unpaired) electrons. The van der Waals surface area contributed by atoms with Crippen LogP contribution in [-0.2, 0) is 0 Å². The lowest BCUT2D eigenvalue weighted by molar-refractivity contribution is 0.432. The van der Waals surface area contributed by atoms with Crippen molar-refractivity contribution < 1.29 is 4.52 Å². The Balaban J connectivity index is 1.97. The van der Waals surface area contributed by atoms with E-state index in [2.05, 4.69) is 10.1 Å². The molecule has 3 aromatic rings. The topological polar surface area (TPSA) is 38.9 Å². The van der Waals surface area contributed by atoms with Gasteiger partial charge in [-0.15, -0.1) is 0 Å². The second-order valence-electron chi connectivity index (χ2n) is 3.80. The fourth-order valence-corrected chi connectivity index (χ4v) is 1.76. The maximum Gasteiger partial charge on any atom is 0.258 e. The summed E-state index contributed by atoms with van der Waals surface area (Å²) in [5, 5.41) is 4.65. The number of aromatic nitrogens is 2. The summed E-state index contributed by atoms with van der Waals surface area (Å²) in [6.07, 6.45) is 0. The van der Waals surface area contributed by atoms with Crippen LogP contribution >= 0.6 is 11.6 Å². The van der Waals surface area contributed by atoms with E-state index < -0.39 is 0 Å². The fraction of sp³-hybridized carbons (Fsp3) is 0. The van der Waals surface area contributed by atoms with Gasteiger partial charge in [-0.2, -0.15) is 4.98 Å². The molecule has 0 fully saturated rings. The van der Waals surface area contributed by atoms with Gasteiger partial charge in [0, 0.05) is 16.1 Å². The Morgan fingerprint density at radius 1 is 0.833 bits per heavy atom. The van der Waals surface area contributed by atoms with E-state index >= 15 is 0 Å². The molecule has 0 spiro atoms. The second kappa shape index (κ2) is 4.63. The van der Waals surface area contributed by atoms with Gasteiger partial charge in [0.2, 0.25) is 5.82 Å². The lowest BCUT2D eigenvalue weighted by Gasteiger charge is -1.93. The van der Waals surface area contributed by atoms with Gasteiger partial charge in [0.1, 0.15) is 0 Å². The van der Waals surface area contributed by atoms with E-state index in [9.17, 15) is 0 Å². The Morgan fingerprint density at radius 2 is 1.56 bits per heavy atom. The van der Waals surface area contributed by atoms with Crippen molar-refractivity contribution in [3.63, 3.8) is 0 Å². The van der Waals surface area contributed by atoms with Crippen molar-refractivity contribution in [2.45, 2.75) is 0 Å². The van der Waals surface area contributed by atoms with Crippen molar-refractivity contribution in [1.82, 2.24) is 10.1 Å². The van der Waals surface area contributed by atoms with Crippen molar-refractivity contribution in [3.05, 3.63) is 59.6 Å². The largest absolute Gasteiger partial charge is 0.334 e. The number of hydrogen-bond donors (Lipinski definition) is 0. The summed E-state index contributed by atoms with van der Waals surface area (Å²) in [4.78, 5) is 4.36. The minimum absolute atomic E-state index is 0.491. The number of nitrogens with zero attached hydrogens (tertiary/aromatic N) is 2. The SMILES string of the molecule is Clc1ccc(-c2nc(-c3ccccc3)no2)cc1. The van der Waals surface area contributed by atoms with E-state index in [1.54, 1.807) is 12.1 Å². The molecule has 0 aliphatic rings. The Morgan fingerprint density at radius 3 is 2.28 bits per heavy atom. The normalized spacial score (nSPS) is 10.5. The van der Waals surface area contributed by atoms with E-state index in [1.165, 1.54) is 0 Å². The van der Waals surface area contributed by atoms with Crippen LogP contribution in [0.25, 0.3) is 22.8 Å². The van der Waals surface area contributed by atoms with Crippen LogP contribution in [0.5, 0.6) is 0 Å². The highest BCUT2D eigenvalue weighted by molar-refractivity contribution is 6.30. The molecule has 1 aromatic heterocycles. The lowest BCUT2D eigenvalue weighted by atomic mass is 10.2. The molecule has 88 valence electrons. The highest BCUT2D eigenvalue weighted by Crippen LogP contribution is 2.23. The summed E-state index contributed by atoms with van der Waals surface area (Å²) in [5.41, 5.74) is 1.79. The lowest BCUT2D eigenvalue weighted by Crippen LogP contribution is -1.80. The predicted octanol–water partition coefficient (Wildman–Crippen LogP) is 4.06. The maximum atomic E-state index is 5.83. The minimum Gasteiger partial charge on any atom is -0.334 e. The van der Waals surface area contributed by atoms with Gasteiger partial charge in [-0.3, -0.25) is 0 Å². The molecule has 1 heterocycles. The molecule has 3 rings (SSSR count). The Bertz CT molecular complexity index is 647. The average Bonchev–Trinajstić information content (AvgIpc) is 2.90. The van der Waals surface area contributed by atoms with Crippen molar-refractivity contribution in [1.29, 1.82) is 0 Å². The van der Waals surface area contributed by atoms with Gasteiger partial charge in [-0.1, -0.05) is 47.1 Å². The number of benzene rings is 2. The van der Waals surface area contributed by atoms with Crippen LogP contribution in [0, 0.1) is 0 Å². The van der Waals surface area contributed by atoms with E-state index in [0.717, 1.165) is 11.1 Å². The first kappa shape index (κ1) is 11.0. The van der Waals surface area contributed by atoms with Crippen molar-refractivity contribution >= 4 is 11.6 Å². The molecule has 0 aliphatic heterocycles. The predicted molar refractivity (Wildman–Crippen MR) is 70.2 cm³/mol. The zero-order chi connectivity index (χ0) is 12.4. The Kier molecular flexibility index (Phi) is 2.82. The van der Waals surface area contributed by atoms with E-state index in [1.807, 2.05) is 42.5 Å². The summed E-state index contributed by atoms with van der Waals surface area (Å²) in [6, 6.07) is 17.0. The molecule has 4 heteroatoms. The number of hydrogen-bond acceptors (Lipinski definition) is 3. The Hall–Kier alpha value is -2.13. The molecule has 0 saturated carbocycles. The standard InChI is InChI=1S/C14H9ClN2O/c15-12-8-6-11(7-9-12)14-16-13(17-18-14)10-4-2-1-3-5-10/h1-9H. The maximum absolute atomic E-state index is 5.83. The first-order valence-corrected chi connectivity index (χ1v) is 5.86. The first-order valence-electron chi connectivity index (χ1n) is 5.48. The van der Waals surface area contributed by atoms with Gasteiger partial charge in [-0.25, -0.2) is 0 Å². The molecule has 0 aliphatic carbocycles. The molecule has 3 nitrogen and oxygen atoms in total. The molecule has 0 saturated heterocycles. The van der Waals surface area contributed by atoms with Crippen LogP contribution in [0.15, 0.2) is 59.1 Å². The summed E-state index contributed by atoms with van der Waals surface area (Å²) in [5.74, 6) is 1.08. The quantitative estimate of drug-likeness (QED) is 0.694. The molecule has 0 amide bonds. The molecule has 0 bridgehead atoms. The molecule has 0 N–H and O–H groups in total. The molecule has 2 aromatic carbocycles. The summed E-state index contributed by atoms with van der Waals surface area (Å²) in [7, 11) is 0. The molecular weight excluding hydrogens is 248 g/mol. The van der Waals surface area contributed by atoms with Crippen LogP contribution < -0.4 is 0 Å². The second-order valence-corrected chi connectivity index (χ2v) is 4.23. The average molecular weight is 257 g/mol.